The zero-order valence-corrected chi connectivity index (χ0v) is 20.6. The van der Waals surface area contributed by atoms with Gasteiger partial charge in [-0.2, -0.15) is 0 Å². The summed E-state index contributed by atoms with van der Waals surface area (Å²) in [5.74, 6) is 0.223. The zero-order chi connectivity index (χ0) is 22.7. The first-order valence-corrected chi connectivity index (χ1v) is 13.7. The highest BCUT2D eigenvalue weighted by Gasteiger charge is 2.44. The van der Waals surface area contributed by atoms with E-state index in [-0.39, 0.29) is 48.2 Å². The van der Waals surface area contributed by atoms with Crippen LogP contribution in [0.4, 0.5) is 10.1 Å². The molecule has 0 saturated carbocycles. The number of nitrogens with one attached hydrogen (secondary N) is 3. The van der Waals surface area contributed by atoms with Gasteiger partial charge in [-0.15, -0.1) is 0 Å². The molecule has 0 aromatic heterocycles. The minimum atomic E-state index is -3.35. The van der Waals surface area contributed by atoms with Crippen LogP contribution in [-0.2, 0) is 14.8 Å². The summed E-state index contributed by atoms with van der Waals surface area (Å²) in [5.41, 5.74) is 1.30. The summed E-state index contributed by atoms with van der Waals surface area (Å²) >= 11 is 3.41. The van der Waals surface area contributed by atoms with Crippen LogP contribution in [0, 0.1) is 17.7 Å². The molecule has 1 aromatic rings. The number of benzene rings is 1. The highest BCUT2D eigenvalue weighted by molar-refractivity contribution is 9.10. The van der Waals surface area contributed by atoms with E-state index in [4.69, 9.17) is 4.74 Å². The fourth-order valence-electron chi connectivity index (χ4n) is 4.99. The van der Waals surface area contributed by atoms with Gasteiger partial charge in [-0.25, -0.2) is 17.5 Å². The molecule has 6 nitrogen and oxygen atoms in total. The molecule has 32 heavy (non-hydrogen) atoms. The normalized spacial score (nSPS) is 29.3. The minimum Gasteiger partial charge on any atom is -0.379 e. The van der Waals surface area contributed by atoms with Crippen molar-refractivity contribution in [2.75, 3.05) is 31.2 Å². The molecular weight excluding hydrogens is 497 g/mol. The van der Waals surface area contributed by atoms with Crippen LogP contribution >= 0.6 is 15.9 Å². The number of hydrogen-bond donors (Lipinski definition) is 3. The maximum atomic E-state index is 14.9. The number of sulfonamides is 1. The molecular formula is C23H31BrFN3O3S. The highest BCUT2D eigenvalue weighted by Crippen LogP contribution is 2.49. The molecule has 1 aliphatic carbocycles. The Labute approximate surface area is 198 Å². The lowest BCUT2D eigenvalue weighted by Gasteiger charge is -2.47. The monoisotopic (exact) mass is 527 g/mol. The van der Waals surface area contributed by atoms with Crippen molar-refractivity contribution in [2.24, 2.45) is 11.8 Å². The smallest absolute Gasteiger partial charge is 0.211 e. The summed E-state index contributed by atoms with van der Waals surface area (Å²) in [6, 6.07) is 3.45. The first-order chi connectivity index (χ1) is 15.4. The molecule has 3 aliphatic rings. The van der Waals surface area contributed by atoms with E-state index >= 15 is 0 Å². The van der Waals surface area contributed by atoms with Crippen LogP contribution in [0.3, 0.4) is 0 Å². The molecule has 4 rings (SSSR count). The van der Waals surface area contributed by atoms with Gasteiger partial charge in [0.15, 0.2) is 0 Å². The Balaban J connectivity index is 1.52. The quantitative estimate of drug-likeness (QED) is 0.447. The Hall–Kier alpha value is -1.26. The van der Waals surface area contributed by atoms with Crippen molar-refractivity contribution < 1.29 is 17.5 Å². The number of halogens is 2. The second-order valence-corrected chi connectivity index (χ2v) is 11.6. The SMILES string of the molecule is CNCCCS(=O)(=O)NC[C@H]1CC[C@@H]2[C@H](O1)c1cc(Br)cc(F)c1N[C@H]2C1C=CC=CC1. The van der Waals surface area contributed by atoms with Crippen molar-refractivity contribution in [2.45, 2.75) is 43.9 Å². The molecule has 2 heterocycles. The Morgan fingerprint density at radius 1 is 1.28 bits per heavy atom. The van der Waals surface area contributed by atoms with Crippen LogP contribution < -0.4 is 15.4 Å². The zero-order valence-electron chi connectivity index (χ0n) is 18.2. The number of fused-ring (bicyclic) bond motifs is 3. The molecule has 1 saturated heterocycles. The third-order valence-electron chi connectivity index (χ3n) is 6.56. The van der Waals surface area contributed by atoms with Gasteiger partial charge in [0.1, 0.15) is 5.82 Å². The van der Waals surface area contributed by atoms with Gasteiger partial charge < -0.3 is 15.4 Å². The van der Waals surface area contributed by atoms with E-state index < -0.39 is 10.0 Å². The number of anilines is 1. The Morgan fingerprint density at radius 3 is 2.88 bits per heavy atom. The number of hydrogen-bond acceptors (Lipinski definition) is 5. The largest absolute Gasteiger partial charge is 0.379 e. The second kappa shape index (κ2) is 10.3. The van der Waals surface area contributed by atoms with Crippen LogP contribution in [0.15, 0.2) is 40.9 Å². The van der Waals surface area contributed by atoms with Crippen molar-refractivity contribution >= 4 is 31.6 Å². The lowest BCUT2D eigenvalue weighted by atomic mass is 9.73. The van der Waals surface area contributed by atoms with Gasteiger partial charge >= 0.3 is 0 Å². The first-order valence-electron chi connectivity index (χ1n) is 11.2. The molecule has 2 aliphatic heterocycles. The fraction of sp³-hybridized carbons (Fsp3) is 0.565. The minimum absolute atomic E-state index is 0.0589. The molecule has 0 spiro atoms. The lowest BCUT2D eigenvalue weighted by molar-refractivity contribution is -0.0925. The highest BCUT2D eigenvalue weighted by atomic mass is 79.9. The average Bonchev–Trinajstić information content (AvgIpc) is 2.78. The van der Waals surface area contributed by atoms with Gasteiger partial charge in [0, 0.05) is 34.5 Å². The van der Waals surface area contributed by atoms with Crippen LogP contribution in [0.1, 0.15) is 37.4 Å². The predicted octanol–water partition coefficient (Wildman–Crippen LogP) is 3.88. The summed E-state index contributed by atoms with van der Waals surface area (Å²) in [7, 11) is -1.55. The van der Waals surface area contributed by atoms with Crippen LogP contribution in [0.2, 0.25) is 0 Å². The van der Waals surface area contributed by atoms with Gasteiger partial charge in [-0.3, -0.25) is 0 Å². The molecule has 176 valence electrons. The molecule has 3 N–H and O–H groups in total. The third kappa shape index (κ3) is 5.44. The predicted molar refractivity (Wildman–Crippen MR) is 129 cm³/mol. The molecule has 5 atom stereocenters. The van der Waals surface area contributed by atoms with Gasteiger partial charge in [-0.1, -0.05) is 40.2 Å². The van der Waals surface area contributed by atoms with Crippen molar-refractivity contribution in [3.63, 3.8) is 0 Å². The summed E-state index contributed by atoms with van der Waals surface area (Å²) in [6.45, 7) is 0.891. The molecule has 1 fully saturated rings. The van der Waals surface area contributed by atoms with E-state index in [2.05, 4.69) is 43.4 Å². The van der Waals surface area contributed by atoms with Crippen LogP contribution in [-0.4, -0.2) is 46.5 Å². The van der Waals surface area contributed by atoms with Crippen molar-refractivity contribution in [3.05, 3.63) is 52.3 Å². The number of allylic oxidation sites excluding steroid dienone is 3. The Bertz CT molecular complexity index is 985. The summed E-state index contributed by atoms with van der Waals surface area (Å²) < 4.78 is 49.3. The van der Waals surface area contributed by atoms with E-state index in [1.165, 1.54) is 6.07 Å². The van der Waals surface area contributed by atoms with E-state index in [0.29, 0.717) is 23.1 Å². The molecule has 9 heteroatoms. The van der Waals surface area contributed by atoms with Gasteiger partial charge in [0.2, 0.25) is 10.0 Å². The van der Waals surface area contributed by atoms with E-state index in [0.717, 1.165) is 24.8 Å². The van der Waals surface area contributed by atoms with E-state index in [9.17, 15) is 12.8 Å². The van der Waals surface area contributed by atoms with Crippen molar-refractivity contribution in [1.82, 2.24) is 10.0 Å². The van der Waals surface area contributed by atoms with Gasteiger partial charge in [-0.05, 0) is 51.4 Å². The standard InChI is InChI=1S/C23H31BrFN3O3S/c1-26-10-5-11-32(29,30)27-14-17-8-9-18-21(15-6-3-2-4-7-15)28-22-19(23(18)31-17)12-16(24)13-20(22)25/h2-4,6,12-13,15,17-18,21,23,26-28H,5,7-11,14H2,1H3/t15?,17-,18+,21+,23+/m1/s1. The molecule has 0 radical (unpaired) electrons. The topological polar surface area (TPSA) is 79.5 Å². The number of ether oxygens (including phenoxy) is 1. The number of rotatable bonds is 8. The summed E-state index contributed by atoms with van der Waals surface area (Å²) in [6.07, 6.45) is 11.0. The van der Waals surface area contributed by atoms with Crippen LogP contribution in [0.25, 0.3) is 0 Å². The summed E-state index contributed by atoms with van der Waals surface area (Å²) in [5, 5.41) is 6.44. The second-order valence-electron chi connectivity index (χ2n) is 8.78. The maximum absolute atomic E-state index is 14.9. The Kier molecular flexibility index (Phi) is 7.72. The summed E-state index contributed by atoms with van der Waals surface area (Å²) in [4.78, 5) is 0. The van der Waals surface area contributed by atoms with Gasteiger partial charge in [0.25, 0.3) is 0 Å². The Morgan fingerprint density at radius 2 is 2.12 bits per heavy atom. The lowest BCUT2D eigenvalue weighted by Crippen LogP contribution is -2.48. The molecule has 0 bridgehead atoms. The average molecular weight is 528 g/mol. The van der Waals surface area contributed by atoms with Gasteiger partial charge in [0.05, 0.1) is 23.6 Å². The van der Waals surface area contributed by atoms with Crippen molar-refractivity contribution in [1.29, 1.82) is 0 Å². The molecule has 0 amide bonds. The van der Waals surface area contributed by atoms with Crippen LogP contribution in [0.5, 0.6) is 0 Å². The molecule has 1 unspecified atom stereocenters. The van der Waals surface area contributed by atoms with E-state index in [1.54, 1.807) is 7.05 Å². The third-order valence-corrected chi connectivity index (χ3v) is 8.45. The van der Waals surface area contributed by atoms with E-state index in [1.807, 2.05) is 18.2 Å². The fourth-order valence-corrected chi connectivity index (χ4v) is 6.55. The maximum Gasteiger partial charge on any atom is 0.211 e. The van der Waals surface area contributed by atoms with Crippen molar-refractivity contribution in [3.8, 4) is 0 Å². The molecule has 1 aromatic carbocycles. The first kappa shape index (κ1) is 23.9.